The SMILES string of the molecule is N#Cc1ccc(N2C3CC2CN(C(=O)COC2(c4ccc(F)c(F)c4)CC2)C3)nc1. The molecule has 4 heterocycles. The van der Waals surface area contributed by atoms with Gasteiger partial charge in [0.15, 0.2) is 11.6 Å². The Morgan fingerprint density at radius 2 is 1.97 bits per heavy atom. The van der Waals surface area contributed by atoms with E-state index >= 15 is 0 Å². The van der Waals surface area contributed by atoms with Gasteiger partial charge in [-0.3, -0.25) is 4.79 Å². The van der Waals surface area contributed by atoms with E-state index in [9.17, 15) is 13.6 Å². The van der Waals surface area contributed by atoms with E-state index in [0.29, 0.717) is 37.1 Å². The lowest BCUT2D eigenvalue weighted by molar-refractivity contribution is -0.142. The molecule has 4 aliphatic rings. The lowest BCUT2D eigenvalue weighted by Gasteiger charge is -2.56. The second-order valence-corrected chi connectivity index (χ2v) is 8.18. The number of halogens is 2. The number of amides is 1. The predicted octanol–water partition coefficient (Wildman–Crippen LogP) is 2.73. The Balaban J connectivity index is 1.19. The second kappa shape index (κ2) is 7.03. The molecule has 2 unspecified atom stereocenters. The van der Waals surface area contributed by atoms with Crippen LogP contribution < -0.4 is 4.90 Å². The average molecular weight is 410 g/mol. The van der Waals surface area contributed by atoms with Crippen LogP contribution in [0.3, 0.4) is 0 Å². The van der Waals surface area contributed by atoms with Gasteiger partial charge < -0.3 is 14.5 Å². The molecule has 0 spiro atoms. The Kier molecular flexibility index (Phi) is 4.44. The molecule has 1 amide bonds. The summed E-state index contributed by atoms with van der Waals surface area (Å²) in [5.74, 6) is -1.05. The summed E-state index contributed by atoms with van der Waals surface area (Å²) in [6, 6.07) is 9.84. The molecule has 1 aromatic heterocycles. The highest BCUT2D eigenvalue weighted by Gasteiger charge is 2.49. The zero-order chi connectivity index (χ0) is 20.9. The molecule has 1 saturated carbocycles. The molecule has 2 atom stereocenters. The number of nitriles is 1. The van der Waals surface area contributed by atoms with Gasteiger partial charge in [0.25, 0.3) is 0 Å². The van der Waals surface area contributed by atoms with E-state index in [1.54, 1.807) is 17.2 Å². The van der Waals surface area contributed by atoms with E-state index in [2.05, 4.69) is 16.0 Å². The molecule has 2 bridgehead atoms. The van der Waals surface area contributed by atoms with Crippen molar-refractivity contribution in [3.8, 4) is 6.07 Å². The van der Waals surface area contributed by atoms with Gasteiger partial charge in [-0.1, -0.05) is 6.07 Å². The molecular weight excluding hydrogens is 390 g/mol. The summed E-state index contributed by atoms with van der Waals surface area (Å²) >= 11 is 0. The molecular formula is C22H20F2N4O2. The maximum Gasteiger partial charge on any atom is 0.248 e. The average Bonchev–Trinajstić information content (AvgIpc) is 3.55. The number of nitrogens with zero attached hydrogens (tertiary/aromatic N) is 4. The van der Waals surface area contributed by atoms with Gasteiger partial charge in [-0.15, -0.1) is 0 Å². The van der Waals surface area contributed by atoms with Crippen LogP contribution in [0.25, 0.3) is 0 Å². The fourth-order valence-corrected chi connectivity index (χ4v) is 4.49. The molecule has 1 aromatic carbocycles. The number of piperidine rings is 1. The number of hydrogen-bond donors (Lipinski definition) is 0. The molecule has 4 fully saturated rings. The number of fused-ring (bicyclic) bond motifs is 2. The van der Waals surface area contributed by atoms with Gasteiger partial charge in [0.05, 0.1) is 23.2 Å². The number of ether oxygens (including phenoxy) is 1. The lowest BCUT2D eigenvalue weighted by atomic mass is 9.87. The Hall–Kier alpha value is -3.05. The van der Waals surface area contributed by atoms with E-state index in [-0.39, 0.29) is 24.6 Å². The van der Waals surface area contributed by atoms with Gasteiger partial charge >= 0.3 is 0 Å². The van der Waals surface area contributed by atoms with Gasteiger partial charge in [0.1, 0.15) is 18.5 Å². The fourth-order valence-electron chi connectivity index (χ4n) is 4.49. The Labute approximate surface area is 172 Å². The number of piperazine rings is 1. The van der Waals surface area contributed by atoms with Crippen molar-refractivity contribution >= 4 is 11.7 Å². The van der Waals surface area contributed by atoms with Crippen LogP contribution in [0.2, 0.25) is 0 Å². The van der Waals surface area contributed by atoms with E-state index in [1.807, 2.05) is 6.07 Å². The molecule has 2 aromatic rings. The fraction of sp³-hybridized carbons (Fsp3) is 0.409. The maximum absolute atomic E-state index is 13.6. The van der Waals surface area contributed by atoms with E-state index < -0.39 is 17.2 Å². The molecule has 0 radical (unpaired) electrons. The van der Waals surface area contributed by atoms with Gasteiger partial charge in [-0.25, -0.2) is 13.8 Å². The number of carbonyl (C=O) groups excluding carboxylic acids is 1. The van der Waals surface area contributed by atoms with Crippen molar-refractivity contribution in [2.24, 2.45) is 0 Å². The molecule has 30 heavy (non-hydrogen) atoms. The Morgan fingerprint density at radius 1 is 1.20 bits per heavy atom. The van der Waals surface area contributed by atoms with Crippen molar-refractivity contribution in [2.75, 3.05) is 24.6 Å². The molecule has 6 nitrogen and oxygen atoms in total. The third-order valence-corrected chi connectivity index (χ3v) is 6.31. The van der Waals surface area contributed by atoms with E-state index in [1.165, 1.54) is 6.07 Å². The summed E-state index contributed by atoms with van der Waals surface area (Å²) in [4.78, 5) is 21.1. The Bertz CT molecular complexity index is 1020. The first kappa shape index (κ1) is 18.9. The van der Waals surface area contributed by atoms with Crippen LogP contribution >= 0.6 is 0 Å². The van der Waals surface area contributed by atoms with Crippen molar-refractivity contribution in [3.05, 3.63) is 59.3 Å². The van der Waals surface area contributed by atoms with Crippen LogP contribution in [0.5, 0.6) is 0 Å². The van der Waals surface area contributed by atoms with E-state index in [4.69, 9.17) is 10.00 Å². The van der Waals surface area contributed by atoms with Gasteiger partial charge in [0.2, 0.25) is 5.91 Å². The first-order valence-corrected chi connectivity index (χ1v) is 10.0. The first-order chi connectivity index (χ1) is 14.5. The van der Waals surface area contributed by atoms with Gasteiger partial charge in [0, 0.05) is 19.3 Å². The largest absolute Gasteiger partial charge is 0.360 e. The second-order valence-electron chi connectivity index (χ2n) is 8.18. The van der Waals surface area contributed by atoms with Crippen LogP contribution in [0.15, 0.2) is 36.5 Å². The topological polar surface area (TPSA) is 69.5 Å². The third kappa shape index (κ3) is 3.19. The highest BCUT2D eigenvalue weighted by Crippen LogP contribution is 2.49. The number of rotatable bonds is 5. The number of carbonyl (C=O) groups is 1. The lowest BCUT2D eigenvalue weighted by Crippen LogP contribution is -2.70. The van der Waals surface area contributed by atoms with Crippen molar-refractivity contribution in [2.45, 2.75) is 36.9 Å². The molecule has 154 valence electrons. The van der Waals surface area contributed by atoms with Gasteiger partial charge in [-0.2, -0.15) is 5.26 Å². The summed E-state index contributed by atoms with van der Waals surface area (Å²) < 4.78 is 32.6. The van der Waals surface area contributed by atoms with Crippen molar-refractivity contribution in [3.63, 3.8) is 0 Å². The number of pyridine rings is 1. The normalized spacial score (nSPS) is 23.5. The van der Waals surface area contributed by atoms with Gasteiger partial charge in [-0.05, 0) is 49.1 Å². The molecule has 0 N–H and O–H groups in total. The minimum absolute atomic E-state index is 0.0758. The van der Waals surface area contributed by atoms with Crippen molar-refractivity contribution in [1.82, 2.24) is 9.88 Å². The van der Waals surface area contributed by atoms with Crippen LogP contribution in [0, 0.1) is 23.0 Å². The molecule has 8 heteroatoms. The zero-order valence-electron chi connectivity index (χ0n) is 16.2. The highest BCUT2D eigenvalue weighted by atomic mass is 19.2. The summed E-state index contributed by atoms with van der Waals surface area (Å²) in [5, 5.41) is 8.91. The smallest absolute Gasteiger partial charge is 0.248 e. The predicted molar refractivity (Wildman–Crippen MR) is 103 cm³/mol. The van der Waals surface area contributed by atoms with Crippen LogP contribution in [0.1, 0.15) is 30.4 Å². The van der Waals surface area contributed by atoms with Crippen LogP contribution in [0.4, 0.5) is 14.6 Å². The van der Waals surface area contributed by atoms with Crippen LogP contribution in [-0.4, -0.2) is 47.6 Å². The Morgan fingerprint density at radius 3 is 2.57 bits per heavy atom. The standard InChI is InChI=1S/C22H20F2N4O2/c23-18-3-2-15(7-19(18)24)22(5-6-22)30-13-21(29)27-11-16-8-17(12-27)28(16)20-4-1-14(9-25)10-26-20/h1-4,7,10,16-17H,5-6,8,11-13H2. The summed E-state index contributed by atoms with van der Waals surface area (Å²) in [6.45, 7) is 1.12. The van der Waals surface area contributed by atoms with Crippen molar-refractivity contribution in [1.29, 1.82) is 5.26 Å². The summed E-state index contributed by atoms with van der Waals surface area (Å²) in [7, 11) is 0. The molecule has 6 rings (SSSR count). The van der Waals surface area contributed by atoms with E-state index in [0.717, 1.165) is 24.4 Å². The number of hydrogen-bond acceptors (Lipinski definition) is 5. The minimum Gasteiger partial charge on any atom is -0.360 e. The van der Waals surface area contributed by atoms with Crippen LogP contribution in [-0.2, 0) is 15.1 Å². The summed E-state index contributed by atoms with van der Waals surface area (Å²) in [6.07, 6.45) is 3.95. The monoisotopic (exact) mass is 410 g/mol. The molecule has 1 aliphatic carbocycles. The maximum atomic E-state index is 13.6. The highest BCUT2D eigenvalue weighted by molar-refractivity contribution is 5.78. The third-order valence-electron chi connectivity index (χ3n) is 6.31. The molecule has 3 aliphatic heterocycles. The van der Waals surface area contributed by atoms with Crippen molar-refractivity contribution < 1.29 is 18.3 Å². The minimum atomic E-state index is -0.902. The quantitative estimate of drug-likeness (QED) is 0.758. The number of benzene rings is 1. The number of aromatic nitrogens is 1. The molecule has 3 saturated heterocycles. The summed E-state index contributed by atoms with van der Waals surface area (Å²) in [5.41, 5.74) is 0.420. The zero-order valence-corrected chi connectivity index (χ0v) is 16.2. The first-order valence-electron chi connectivity index (χ1n) is 10.0. The number of anilines is 1.